The molecular weight excluding hydrogens is 342 g/mol. The number of nitrogens with two attached hydrogens (primary N) is 1. The van der Waals surface area contributed by atoms with E-state index >= 15 is 0 Å². The Balaban J connectivity index is 2.93. The molecule has 2 rings (SSSR count). The number of nitro groups is 4. The highest BCUT2D eigenvalue weighted by Gasteiger charge is 2.39. The van der Waals surface area contributed by atoms with Crippen LogP contribution in [0.5, 0.6) is 0 Å². The number of benzene rings is 2. The van der Waals surface area contributed by atoms with E-state index in [2.05, 4.69) is 0 Å². The van der Waals surface area contributed by atoms with Crippen molar-refractivity contribution in [1.29, 1.82) is 0 Å². The molecule has 0 aliphatic carbocycles. The Morgan fingerprint density at radius 3 is 1.76 bits per heavy atom. The molecule has 0 aliphatic rings. The van der Waals surface area contributed by atoms with Crippen LogP contribution in [0.15, 0.2) is 30.3 Å². The molecule has 0 saturated carbocycles. The van der Waals surface area contributed by atoms with E-state index in [0.29, 0.717) is 6.07 Å². The zero-order valence-electron chi connectivity index (χ0n) is 12.0. The fourth-order valence-electron chi connectivity index (χ4n) is 2.19. The highest BCUT2D eigenvalue weighted by molar-refractivity contribution is 5.89. The van der Waals surface area contributed by atoms with E-state index in [0.717, 1.165) is 24.3 Å². The minimum atomic E-state index is -1.33. The molecule has 0 unspecified atom stereocenters. The van der Waals surface area contributed by atoms with E-state index in [4.69, 9.17) is 5.73 Å². The molecule has 0 saturated heterocycles. The maximum Gasteiger partial charge on any atom is 0.422 e. The monoisotopic (exact) mass is 349 g/mol. The molecule has 2 aromatic carbocycles. The summed E-state index contributed by atoms with van der Waals surface area (Å²) in [5, 5.41) is 44.3. The number of non-ortho nitro benzene ring substituents is 1. The first-order chi connectivity index (χ1) is 11.6. The summed E-state index contributed by atoms with van der Waals surface area (Å²) in [6, 6.07) is 4.64. The van der Waals surface area contributed by atoms with Gasteiger partial charge in [0.15, 0.2) is 0 Å². The predicted octanol–water partition coefficient (Wildman–Crippen LogP) is 2.57. The lowest BCUT2D eigenvalue weighted by atomic mass is 9.99. The maximum absolute atomic E-state index is 11.3. The lowest BCUT2D eigenvalue weighted by molar-refractivity contribution is -0.440. The normalized spacial score (nSPS) is 10.2. The molecule has 0 amide bonds. The number of anilines is 1. The summed E-state index contributed by atoms with van der Waals surface area (Å²) in [6.45, 7) is 0. The molecular formula is C12H7N5O8. The van der Waals surface area contributed by atoms with Gasteiger partial charge in [0, 0.05) is 29.4 Å². The predicted molar refractivity (Wildman–Crippen MR) is 82.9 cm³/mol. The second-order valence-corrected chi connectivity index (χ2v) is 4.63. The van der Waals surface area contributed by atoms with Crippen LogP contribution in [0.1, 0.15) is 0 Å². The van der Waals surface area contributed by atoms with Crippen molar-refractivity contribution in [1.82, 2.24) is 0 Å². The van der Waals surface area contributed by atoms with Gasteiger partial charge in [-0.2, -0.15) is 0 Å². The largest absolute Gasteiger partial charge is 0.422 e. The van der Waals surface area contributed by atoms with Gasteiger partial charge in [-0.15, -0.1) is 0 Å². The second kappa shape index (κ2) is 6.15. The van der Waals surface area contributed by atoms with E-state index in [1.807, 2.05) is 0 Å². The standard InChI is InChI=1S/C12H7N5O8/c13-9-3-1-6(14(18)19)5-8(9)7-2-4-10(15(20)21)12(17(24)25)11(7)16(22)23/h1-5H,13H2. The number of nitro benzene ring substituents is 4. The van der Waals surface area contributed by atoms with E-state index in [-0.39, 0.29) is 11.3 Å². The van der Waals surface area contributed by atoms with E-state index < -0.39 is 48.0 Å². The maximum atomic E-state index is 11.3. The van der Waals surface area contributed by atoms with E-state index in [9.17, 15) is 40.5 Å². The van der Waals surface area contributed by atoms with Crippen molar-refractivity contribution < 1.29 is 19.7 Å². The zero-order chi connectivity index (χ0) is 18.9. The van der Waals surface area contributed by atoms with Crippen molar-refractivity contribution in [2.75, 3.05) is 5.73 Å². The first-order valence-electron chi connectivity index (χ1n) is 6.29. The first kappa shape index (κ1) is 17.2. The molecule has 0 radical (unpaired) electrons. The van der Waals surface area contributed by atoms with Gasteiger partial charge in [0.25, 0.3) is 5.69 Å². The quantitative estimate of drug-likeness (QED) is 0.478. The number of hydrogen-bond acceptors (Lipinski definition) is 9. The van der Waals surface area contributed by atoms with Gasteiger partial charge >= 0.3 is 17.1 Å². The van der Waals surface area contributed by atoms with Gasteiger partial charge in [-0.05, 0) is 12.1 Å². The summed E-state index contributed by atoms with van der Waals surface area (Å²) >= 11 is 0. The van der Waals surface area contributed by atoms with Crippen molar-refractivity contribution >= 4 is 28.4 Å². The molecule has 0 fully saturated rings. The number of nitrogen functional groups attached to an aromatic ring is 1. The number of nitrogens with zero attached hydrogens (tertiary/aromatic N) is 4. The molecule has 13 heteroatoms. The van der Waals surface area contributed by atoms with Gasteiger partial charge in [0.2, 0.25) is 0 Å². The summed E-state index contributed by atoms with van der Waals surface area (Å²) < 4.78 is 0. The molecule has 128 valence electrons. The van der Waals surface area contributed by atoms with Gasteiger partial charge in [-0.1, -0.05) is 0 Å². The topological polar surface area (TPSA) is 199 Å². The highest BCUT2D eigenvalue weighted by atomic mass is 16.6. The molecule has 0 bridgehead atoms. The van der Waals surface area contributed by atoms with Crippen molar-refractivity contribution in [2.24, 2.45) is 0 Å². The molecule has 2 aromatic rings. The molecule has 13 nitrogen and oxygen atoms in total. The Hall–Kier alpha value is -4.16. The van der Waals surface area contributed by atoms with Crippen LogP contribution in [0.3, 0.4) is 0 Å². The third kappa shape index (κ3) is 3.00. The minimum Gasteiger partial charge on any atom is -0.398 e. The Labute approximate surface area is 136 Å². The van der Waals surface area contributed by atoms with Gasteiger partial charge < -0.3 is 5.73 Å². The summed E-state index contributed by atoms with van der Waals surface area (Å²) in [5.74, 6) is 0. The van der Waals surface area contributed by atoms with Gasteiger partial charge in [0.1, 0.15) is 0 Å². The lowest BCUT2D eigenvalue weighted by Crippen LogP contribution is -2.04. The van der Waals surface area contributed by atoms with Crippen molar-refractivity contribution in [2.45, 2.75) is 0 Å². The average Bonchev–Trinajstić information content (AvgIpc) is 2.53. The van der Waals surface area contributed by atoms with Gasteiger partial charge in [-0.3, -0.25) is 40.5 Å². The Bertz CT molecular complexity index is 941. The average molecular weight is 349 g/mol. The fourth-order valence-corrected chi connectivity index (χ4v) is 2.19. The van der Waals surface area contributed by atoms with E-state index in [1.54, 1.807) is 0 Å². The van der Waals surface area contributed by atoms with Crippen LogP contribution in [0, 0.1) is 40.5 Å². The summed E-state index contributed by atoms with van der Waals surface area (Å²) in [4.78, 5) is 39.9. The number of hydrogen-bond donors (Lipinski definition) is 1. The smallest absolute Gasteiger partial charge is 0.398 e. The lowest BCUT2D eigenvalue weighted by Gasteiger charge is -2.07. The van der Waals surface area contributed by atoms with Crippen LogP contribution in [0.2, 0.25) is 0 Å². The highest BCUT2D eigenvalue weighted by Crippen LogP contribution is 2.45. The molecule has 0 atom stereocenters. The molecule has 0 spiro atoms. The molecule has 0 aliphatic heterocycles. The SMILES string of the molecule is Nc1ccc([N+](=O)[O-])cc1-c1ccc([N+](=O)[O-])c([N+](=O)[O-])c1[N+](=O)[O-]. The second-order valence-electron chi connectivity index (χ2n) is 4.63. The third-order valence-corrected chi connectivity index (χ3v) is 3.23. The van der Waals surface area contributed by atoms with Crippen LogP contribution in [-0.4, -0.2) is 19.7 Å². The van der Waals surface area contributed by atoms with E-state index in [1.165, 1.54) is 0 Å². The Morgan fingerprint density at radius 2 is 1.28 bits per heavy atom. The summed E-state index contributed by atoms with van der Waals surface area (Å²) in [7, 11) is 0. The Morgan fingerprint density at radius 1 is 0.680 bits per heavy atom. The van der Waals surface area contributed by atoms with Crippen LogP contribution in [0.25, 0.3) is 11.1 Å². The van der Waals surface area contributed by atoms with Gasteiger partial charge in [0.05, 0.1) is 25.3 Å². The molecule has 0 heterocycles. The van der Waals surface area contributed by atoms with Crippen molar-refractivity contribution in [3.05, 3.63) is 70.8 Å². The van der Waals surface area contributed by atoms with Crippen LogP contribution < -0.4 is 5.73 Å². The molecule has 25 heavy (non-hydrogen) atoms. The van der Waals surface area contributed by atoms with Crippen LogP contribution in [0.4, 0.5) is 28.4 Å². The molecule has 0 aromatic heterocycles. The number of rotatable bonds is 5. The minimum absolute atomic E-state index is 0.128. The Kier molecular flexibility index (Phi) is 4.23. The van der Waals surface area contributed by atoms with Gasteiger partial charge in [-0.25, -0.2) is 0 Å². The zero-order valence-corrected chi connectivity index (χ0v) is 12.0. The van der Waals surface area contributed by atoms with Crippen molar-refractivity contribution in [3.63, 3.8) is 0 Å². The molecule has 2 N–H and O–H groups in total. The fraction of sp³-hybridized carbons (Fsp3) is 0. The summed E-state index contributed by atoms with van der Waals surface area (Å²) in [5.41, 5.74) is 0.826. The van der Waals surface area contributed by atoms with Crippen molar-refractivity contribution in [3.8, 4) is 11.1 Å². The summed E-state index contributed by atoms with van der Waals surface area (Å²) in [6.07, 6.45) is 0. The first-order valence-corrected chi connectivity index (χ1v) is 6.29. The van der Waals surface area contributed by atoms with Crippen LogP contribution in [-0.2, 0) is 0 Å². The van der Waals surface area contributed by atoms with Crippen LogP contribution >= 0.6 is 0 Å². The third-order valence-electron chi connectivity index (χ3n) is 3.23.